The summed E-state index contributed by atoms with van der Waals surface area (Å²) in [6, 6.07) is 10.4. The molecule has 1 saturated carbocycles. The Morgan fingerprint density at radius 2 is 1.86 bits per heavy atom. The van der Waals surface area contributed by atoms with Gasteiger partial charge in [-0.05, 0) is 55.4 Å². The molecule has 8 nitrogen and oxygen atoms in total. The van der Waals surface area contributed by atoms with E-state index in [9.17, 15) is 10.1 Å². The van der Waals surface area contributed by atoms with Gasteiger partial charge in [0, 0.05) is 43.2 Å². The normalized spacial score (nSPS) is 19.6. The summed E-state index contributed by atoms with van der Waals surface area (Å²) in [7, 11) is 5.09. The van der Waals surface area contributed by atoms with Gasteiger partial charge in [-0.25, -0.2) is 0 Å². The molecule has 2 heterocycles. The van der Waals surface area contributed by atoms with Crippen molar-refractivity contribution >= 4 is 5.69 Å². The minimum absolute atomic E-state index is 0.0200. The Bertz CT molecular complexity index is 1310. The largest absolute Gasteiger partial charge is 0.493 e. The Kier molecular flexibility index (Phi) is 7.39. The Hall–Kier alpha value is -3.73. The second-order valence-electron chi connectivity index (χ2n) is 10.1. The van der Waals surface area contributed by atoms with E-state index in [1.165, 1.54) is 0 Å². The van der Waals surface area contributed by atoms with E-state index in [1.807, 2.05) is 49.9 Å². The number of benzene rings is 1. The van der Waals surface area contributed by atoms with Crippen molar-refractivity contribution in [1.82, 2.24) is 14.3 Å². The summed E-state index contributed by atoms with van der Waals surface area (Å²) in [6.07, 6.45) is 8.63. The number of aromatic nitrogens is 3. The summed E-state index contributed by atoms with van der Waals surface area (Å²) in [5, 5.41) is 18.0. The first-order valence-corrected chi connectivity index (χ1v) is 12.4. The van der Waals surface area contributed by atoms with Gasteiger partial charge in [0.1, 0.15) is 5.69 Å². The maximum Gasteiger partial charge on any atom is 0.273 e. The van der Waals surface area contributed by atoms with E-state index in [-0.39, 0.29) is 11.6 Å². The van der Waals surface area contributed by atoms with Crippen LogP contribution in [0.3, 0.4) is 0 Å². The van der Waals surface area contributed by atoms with Crippen molar-refractivity contribution < 1.29 is 9.47 Å². The minimum atomic E-state index is -0.590. The lowest BCUT2D eigenvalue weighted by Gasteiger charge is -2.36. The summed E-state index contributed by atoms with van der Waals surface area (Å²) in [5.41, 5.74) is 2.86. The number of methoxy groups -OCH3 is 2. The second kappa shape index (κ2) is 10.5. The number of nitrogens with one attached hydrogen (secondary N) is 1. The maximum atomic E-state index is 13.3. The average Bonchev–Trinajstić information content (AvgIpc) is 3.32. The lowest BCUT2D eigenvalue weighted by molar-refractivity contribution is 0.335. The smallest absolute Gasteiger partial charge is 0.273 e. The van der Waals surface area contributed by atoms with Crippen LogP contribution >= 0.6 is 0 Å². The van der Waals surface area contributed by atoms with Crippen LogP contribution in [-0.4, -0.2) is 34.6 Å². The molecule has 0 spiro atoms. The Balaban J connectivity index is 1.57. The van der Waals surface area contributed by atoms with E-state index in [4.69, 9.17) is 9.47 Å². The molecule has 3 aromatic rings. The van der Waals surface area contributed by atoms with Crippen LogP contribution in [0.4, 0.5) is 5.69 Å². The summed E-state index contributed by atoms with van der Waals surface area (Å²) in [6.45, 7) is 4.85. The van der Waals surface area contributed by atoms with Gasteiger partial charge in [-0.1, -0.05) is 19.9 Å². The highest BCUT2D eigenvalue weighted by Gasteiger charge is 2.38. The summed E-state index contributed by atoms with van der Waals surface area (Å²) >= 11 is 0. The molecule has 1 aromatic carbocycles. The molecule has 1 N–H and O–H groups in total. The molecule has 1 aliphatic rings. The molecular formula is C28H35N5O3. The lowest BCUT2D eigenvalue weighted by Crippen LogP contribution is -2.37. The second-order valence-corrected chi connectivity index (χ2v) is 10.1. The number of hydrogen-bond acceptors (Lipinski definition) is 6. The van der Waals surface area contributed by atoms with E-state index < -0.39 is 5.41 Å². The van der Waals surface area contributed by atoms with Gasteiger partial charge in [-0.15, -0.1) is 0 Å². The van der Waals surface area contributed by atoms with Crippen LogP contribution in [0.5, 0.6) is 11.5 Å². The fourth-order valence-corrected chi connectivity index (χ4v) is 5.07. The number of nitrogens with zero attached hydrogens (tertiary/aromatic N) is 4. The summed E-state index contributed by atoms with van der Waals surface area (Å²) < 4.78 is 14.4. The molecule has 1 aliphatic carbocycles. The number of aryl methyl sites for hydroxylation is 1. The summed E-state index contributed by atoms with van der Waals surface area (Å²) in [4.78, 5) is 13.3. The monoisotopic (exact) mass is 489 g/mol. The Morgan fingerprint density at radius 3 is 2.44 bits per heavy atom. The first-order valence-electron chi connectivity index (χ1n) is 12.4. The fourth-order valence-electron chi connectivity index (χ4n) is 5.07. The van der Waals surface area contributed by atoms with Crippen LogP contribution in [0, 0.1) is 17.2 Å². The van der Waals surface area contributed by atoms with Crippen LogP contribution in [-0.2, 0) is 19.0 Å². The van der Waals surface area contributed by atoms with Crippen molar-refractivity contribution in [2.75, 3.05) is 19.5 Å². The number of pyridine rings is 1. The van der Waals surface area contributed by atoms with Crippen LogP contribution in [0.25, 0.3) is 11.1 Å². The molecule has 36 heavy (non-hydrogen) atoms. The van der Waals surface area contributed by atoms with Gasteiger partial charge in [-0.3, -0.25) is 9.48 Å². The third-order valence-electron chi connectivity index (χ3n) is 7.04. The van der Waals surface area contributed by atoms with Crippen LogP contribution < -0.4 is 20.3 Å². The van der Waals surface area contributed by atoms with Crippen LogP contribution in [0.2, 0.25) is 0 Å². The topological polar surface area (TPSA) is 94.1 Å². The first-order chi connectivity index (χ1) is 17.3. The number of hydrogen-bond donors (Lipinski definition) is 1. The summed E-state index contributed by atoms with van der Waals surface area (Å²) in [5.74, 6) is 1.62. The van der Waals surface area contributed by atoms with Gasteiger partial charge in [0.25, 0.3) is 5.56 Å². The molecule has 0 amide bonds. The minimum Gasteiger partial charge on any atom is -0.493 e. The van der Waals surface area contributed by atoms with Gasteiger partial charge >= 0.3 is 0 Å². The van der Waals surface area contributed by atoms with E-state index in [0.29, 0.717) is 42.5 Å². The number of rotatable bonds is 8. The fraction of sp³-hybridized carbons (Fsp3) is 0.464. The standard InChI is InChI=1S/C28H35N5O3/c1-19(2)15-33-17-20(21-14-30-32(3)16-21)12-24(27(33)34)31-23-8-10-28(18-29,11-9-23)22-6-7-25(35-4)26(13-22)36-5/h6-7,12-14,16-17,19,23,31H,8-11,15H2,1-5H3/t23-,28-. The van der Waals surface area contributed by atoms with Gasteiger partial charge < -0.3 is 19.4 Å². The molecular weight excluding hydrogens is 454 g/mol. The van der Waals surface area contributed by atoms with Gasteiger partial charge in [0.15, 0.2) is 11.5 Å². The highest BCUT2D eigenvalue weighted by Crippen LogP contribution is 2.42. The first kappa shape index (κ1) is 25.4. The molecule has 190 valence electrons. The van der Waals surface area contributed by atoms with Gasteiger partial charge in [0.05, 0.1) is 31.9 Å². The molecule has 0 unspecified atom stereocenters. The zero-order valence-electron chi connectivity index (χ0n) is 21.7. The zero-order chi connectivity index (χ0) is 25.9. The molecule has 0 aliphatic heterocycles. The maximum absolute atomic E-state index is 13.3. The number of anilines is 1. The van der Waals surface area contributed by atoms with E-state index in [1.54, 1.807) is 23.5 Å². The zero-order valence-corrected chi connectivity index (χ0v) is 21.7. The van der Waals surface area contributed by atoms with Crippen molar-refractivity contribution in [2.45, 2.75) is 57.5 Å². The van der Waals surface area contributed by atoms with E-state index >= 15 is 0 Å². The van der Waals surface area contributed by atoms with Crippen molar-refractivity contribution in [3.05, 3.63) is 58.8 Å². The van der Waals surface area contributed by atoms with E-state index in [2.05, 4.69) is 30.3 Å². The molecule has 8 heteroatoms. The molecule has 4 rings (SSSR count). The third kappa shape index (κ3) is 5.11. The quantitative estimate of drug-likeness (QED) is 0.491. The average molecular weight is 490 g/mol. The third-order valence-corrected chi connectivity index (χ3v) is 7.04. The predicted molar refractivity (Wildman–Crippen MR) is 140 cm³/mol. The molecule has 0 radical (unpaired) electrons. The SMILES string of the molecule is COc1ccc([C@]2(C#N)CC[C@@H](Nc3cc(-c4cnn(C)c4)cn(CC(C)C)c3=O)CC2)cc1OC. The van der Waals surface area contributed by atoms with Gasteiger partial charge in [0.2, 0.25) is 0 Å². The number of nitriles is 1. The molecule has 0 atom stereocenters. The predicted octanol–water partition coefficient (Wildman–Crippen LogP) is 4.74. The van der Waals surface area contributed by atoms with Crippen LogP contribution in [0.1, 0.15) is 45.1 Å². The van der Waals surface area contributed by atoms with Crippen molar-refractivity contribution in [3.8, 4) is 28.7 Å². The lowest BCUT2D eigenvalue weighted by atomic mass is 9.69. The highest BCUT2D eigenvalue weighted by molar-refractivity contribution is 5.65. The molecule has 1 fully saturated rings. The van der Waals surface area contributed by atoms with E-state index in [0.717, 1.165) is 29.5 Å². The number of ether oxygens (including phenoxy) is 2. The van der Waals surface area contributed by atoms with Crippen LogP contribution in [0.15, 0.2) is 47.7 Å². The Morgan fingerprint density at radius 1 is 1.14 bits per heavy atom. The van der Waals surface area contributed by atoms with Crippen molar-refractivity contribution in [1.29, 1.82) is 5.26 Å². The van der Waals surface area contributed by atoms with Crippen molar-refractivity contribution in [3.63, 3.8) is 0 Å². The van der Waals surface area contributed by atoms with Crippen molar-refractivity contribution in [2.24, 2.45) is 13.0 Å². The molecule has 0 saturated heterocycles. The Labute approximate surface area is 212 Å². The van der Waals surface area contributed by atoms with Gasteiger partial charge in [-0.2, -0.15) is 10.4 Å². The molecule has 0 bridgehead atoms. The molecule has 2 aromatic heterocycles. The highest BCUT2D eigenvalue weighted by atomic mass is 16.5.